The fraction of sp³-hybridized carbons (Fsp3) is 0.562. The van der Waals surface area contributed by atoms with Crippen LogP contribution in [0.1, 0.15) is 38.0 Å². The zero-order valence-corrected chi connectivity index (χ0v) is 13.7. The van der Waals surface area contributed by atoms with E-state index in [-0.39, 0.29) is 6.54 Å². The van der Waals surface area contributed by atoms with Crippen LogP contribution in [0.15, 0.2) is 18.2 Å². The molecule has 0 aliphatic rings. The number of carbonyl (C=O) groups excluding carboxylic acids is 1. The number of hydrogen-bond acceptors (Lipinski definition) is 5. The van der Waals surface area contributed by atoms with Crippen molar-refractivity contribution in [3.8, 4) is 5.75 Å². The summed E-state index contributed by atoms with van der Waals surface area (Å²) in [5.74, 6) is 0.490. The number of amides is 1. The van der Waals surface area contributed by atoms with Gasteiger partial charge in [-0.3, -0.25) is 0 Å². The second-order valence-electron chi connectivity index (χ2n) is 6.14. The molecular weight excluding hydrogens is 286 g/mol. The van der Waals surface area contributed by atoms with Crippen molar-refractivity contribution in [2.75, 3.05) is 13.7 Å². The van der Waals surface area contributed by atoms with Gasteiger partial charge in [0.05, 0.1) is 7.11 Å². The van der Waals surface area contributed by atoms with E-state index < -0.39 is 23.9 Å². The second-order valence-corrected chi connectivity index (χ2v) is 6.14. The van der Waals surface area contributed by atoms with Crippen LogP contribution < -0.4 is 10.1 Å². The Kier molecular flexibility index (Phi) is 6.20. The first-order valence-corrected chi connectivity index (χ1v) is 7.11. The maximum Gasteiger partial charge on any atom is 0.407 e. The van der Waals surface area contributed by atoms with Gasteiger partial charge in [0, 0.05) is 12.1 Å². The molecule has 0 fully saturated rings. The first kappa shape index (κ1) is 18.3. The van der Waals surface area contributed by atoms with Crippen LogP contribution in [-0.2, 0) is 4.74 Å². The van der Waals surface area contributed by atoms with Crippen LogP contribution in [0.3, 0.4) is 0 Å². The van der Waals surface area contributed by atoms with Gasteiger partial charge in [0.15, 0.2) is 0 Å². The molecule has 1 aromatic carbocycles. The Morgan fingerprint density at radius 1 is 1.32 bits per heavy atom. The Bertz CT molecular complexity index is 510. The fourth-order valence-corrected chi connectivity index (χ4v) is 1.88. The zero-order valence-electron chi connectivity index (χ0n) is 13.7. The Hall–Kier alpha value is -1.79. The van der Waals surface area contributed by atoms with E-state index in [9.17, 15) is 15.0 Å². The molecule has 2 unspecified atom stereocenters. The van der Waals surface area contributed by atoms with Crippen molar-refractivity contribution < 1.29 is 24.5 Å². The van der Waals surface area contributed by atoms with Crippen molar-refractivity contribution in [3.63, 3.8) is 0 Å². The van der Waals surface area contributed by atoms with Crippen molar-refractivity contribution in [2.45, 2.75) is 45.5 Å². The summed E-state index contributed by atoms with van der Waals surface area (Å²) in [7, 11) is 1.50. The van der Waals surface area contributed by atoms with Crippen molar-refractivity contribution in [1.82, 2.24) is 5.32 Å². The number of aliphatic hydroxyl groups excluding tert-OH is 2. The van der Waals surface area contributed by atoms with Crippen LogP contribution in [0.25, 0.3) is 0 Å². The third-order valence-corrected chi connectivity index (χ3v) is 2.93. The predicted molar refractivity (Wildman–Crippen MR) is 82.9 cm³/mol. The second kappa shape index (κ2) is 7.47. The number of methoxy groups -OCH3 is 1. The average molecular weight is 311 g/mol. The Morgan fingerprint density at radius 3 is 2.50 bits per heavy atom. The molecule has 0 aliphatic carbocycles. The van der Waals surface area contributed by atoms with Crippen molar-refractivity contribution in [2.24, 2.45) is 0 Å². The van der Waals surface area contributed by atoms with Crippen LogP contribution in [0, 0.1) is 6.92 Å². The standard InChI is InChI=1S/C16H25NO5/c1-10-6-7-11(13(8-10)21-5)14(19)12(18)9-17-15(20)22-16(2,3)4/h6-8,12,14,18-19H,9H2,1-5H3,(H,17,20). The number of aliphatic hydroxyl groups is 2. The number of benzene rings is 1. The number of carbonyl (C=O) groups is 1. The van der Waals surface area contributed by atoms with Crippen LogP contribution >= 0.6 is 0 Å². The molecule has 0 heterocycles. The highest BCUT2D eigenvalue weighted by Gasteiger charge is 2.23. The highest BCUT2D eigenvalue weighted by molar-refractivity contribution is 5.67. The number of rotatable bonds is 5. The van der Waals surface area contributed by atoms with Gasteiger partial charge in [-0.2, -0.15) is 0 Å². The molecule has 0 aromatic heterocycles. The molecule has 0 radical (unpaired) electrons. The average Bonchev–Trinajstić information content (AvgIpc) is 2.42. The largest absolute Gasteiger partial charge is 0.496 e. The maximum atomic E-state index is 11.5. The highest BCUT2D eigenvalue weighted by Crippen LogP contribution is 2.28. The quantitative estimate of drug-likeness (QED) is 0.773. The van der Waals surface area contributed by atoms with Gasteiger partial charge in [-0.25, -0.2) is 4.79 Å². The molecule has 0 bridgehead atoms. The molecular formula is C16H25NO5. The highest BCUT2D eigenvalue weighted by atomic mass is 16.6. The molecule has 1 amide bonds. The number of aryl methyl sites for hydroxylation is 1. The van der Waals surface area contributed by atoms with Gasteiger partial charge in [0.2, 0.25) is 0 Å². The van der Waals surface area contributed by atoms with Crippen molar-refractivity contribution >= 4 is 6.09 Å². The van der Waals surface area contributed by atoms with E-state index in [2.05, 4.69) is 5.32 Å². The summed E-state index contributed by atoms with van der Waals surface area (Å²) in [5, 5.41) is 22.7. The number of hydrogen-bond donors (Lipinski definition) is 3. The van der Waals surface area contributed by atoms with E-state index >= 15 is 0 Å². The number of ether oxygens (including phenoxy) is 2. The summed E-state index contributed by atoms with van der Waals surface area (Å²) < 4.78 is 10.3. The van der Waals surface area contributed by atoms with E-state index in [0.717, 1.165) is 5.56 Å². The predicted octanol–water partition coefficient (Wildman–Crippen LogP) is 1.92. The van der Waals surface area contributed by atoms with Gasteiger partial charge in [-0.05, 0) is 39.3 Å². The van der Waals surface area contributed by atoms with Crippen molar-refractivity contribution in [3.05, 3.63) is 29.3 Å². The summed E-state index contributed by atoms with van der Waals surface area (Å²) in [4.78, 5) is 11.5. The monoisotopic (exact) mass is 311 g/mol. The van der Waals surface area contributed by atoms with E-state index in [0.29, 0.717) is 11.3 Å². The molecule has 3 N–H and O–H groups in total. The van der Waals surface area contributed by atoms with Gasteiger partial charge in [0.1, 0.15) is 23.6 Å². The van der Waals surface area contributed by atoms with E-state index in [4.69, 9.17) is 9.47 Å². The molecule has 22 heavy (non-hydrogen) atoms. The van der Waals surface area contributed by atoms with Crippen LogP contribution in [0.4, 0.5) is 4.79 Å². The summed E-state index contributed by atoms with van der Waals surface area (Å²) >= 11 is 0. The van der Waals surface area contributed by atoms with Gasteiger partial charge < -0.3 is 25.0 Å². The molecule has 0 saturated heterocycles. The number of nitrogens with one attached hydrogen (secondary N) is 1. The van der Waals surface area contributed by atoms with E-state index in [1.807, 2.05) is 13.0 Å². The van der Waals surface area contributed by atoms with Crippen LogP contribution in [0.2, 0.25) is 0 Å². The topological polar surface area (TPSA) is 88.0 Å². The minimum Gasteiger partial charge on any atom is -0.496 e. The SMILES string of the molecule is COc1cc(C)ccc1C(O)C(O)CNC(=O)OC(C)(C)C. The first-order chi connectivity index (χ1) is 10.1. The summed E-state index contributed by atoms with van der Waals surface area (Å²) in [6.45, 7) is 7.01. The zero-order chi connectivity index (χ0) is 16.9. The smallest absolute Gasteiger partial charge is 0.407 e. The third-order valence-electron chi connectivity index (χ3n) is 2.93. The summed E-state index contributed by atoms with van der Waals surface area (Å²) in [6, 6.07) is 5.27. The molecule has 6 heteroatoms. The van der Waals surface area contributed by atoms with Gasteiger partial charge in [-0.15, -0.1) is 0 Å². The van der Waals surface area contributed by atoms with Gasteiger partial charge >= 0.3 is 6.09 Å². The lowest BCUT2D eigenvalue weighted by Crippen LogP contribution is -2.38. The summed E-state index contributed by atoms with van der Waals surface area (Å²) in [6.07, 6.45) is -3.00. The number of alkyl carbamates (subject to hydrolysis) is 1. The third kappa shape index (κ3) is 5.54. The molecule has 2 atom stereocenters. The Labute approximate surface area is 131 Å². The van der Waals surface area contributed by atoms with Gasteiger partial charge in [-0.1, -0.05) is 12.1 Å². The van der Waals surface area contributed by atoms with E-state index in [1.54, 1.807) is 32.9 Å². The van der Waals surface area contributed by atoms with Crippen molar-refractivity contribution in [1.29, 1.82) is 0 Å². The van der Waals surface area contributed by atoms with E-state index in [1.165, 1.54) is 7.11 Å². The Balaban J connectivity index is 2.66. The minimum atomic E-state index is -1.18. The molecule has 0 spiro atoms. The normalized spacial score (nSPS) is 14.1. The molecule has 6 nitrogen and oxygen atoms in total. The lowest BCUT2D eigenvalue weighted by atomic mass is 10.0. The fourth-order valence-electron chi connectivity index (χ4n) is 1.88. The maximum absolute atomic E-state index is 11.5. The Morgan fingerprint density at radius 2 is 1.95 bits per heavy atom. The molecule has 0 saturated carbocycles. The lowest BCUT2D eigenvalue weighted by Gasteiger charge is -2.23. The molecule has 0 aliphatic heterocycles. The summed E-state index contributed by atoms with van der Waals surface area (Å²) in [5.41, 5.74) is 0.828. The minimum absolute atomic E-state index is 0.132. The lowest BCUT2D eigenvalue weighted by molar-refractivity contribution is 0.0119. The van der Waals surface area contributed by atoms with Crippen LogP contribution in [0.5, 0.6) is 5.75 Å². The van der Waals surface area contributed by atoms with Gasteiger partial charge in [0.25, 0.3) is 0 Å². The molecule has 1 aromatic rings. The molecule has 124 valence electrons. The molecule has 1 rings (SSSR count). The van der Waals surface area contributed by atoms with Crippen LogP contribution in [-0.4, -0.2) is 41.7 Å². The first-order valence-electron chi connectivity index (χ1n) is 7.11.